The van der Waals surface area contributed by atoms with Crippen LogP contribution in [0.3, 0.4) is 0 Å². The van der Waals surface area contributed by atoms with Crippen LogP contribution in [0.5, 0.6) is 0 Å². The Morgan fingerprint density at radius 3 is 2.68 bits per heavy atom. The smallest absolute Gasteiger partial charge is 0.224 e. The van der Waals surface area contributed by atoms with Crippen LogP contribution < -0.4 is 5.32 Å². The predicted molar refractivity (Wildman–Crippen MR) is 122 cm³/mol. The van der Waals surface area contributed by atoms with Gasteiger partial charge in [-0.15, -0.1) is 10.2 Å². The monoisotopic (exact) mass is 424 g/mol. The van der Waals surface area contributed by atoms with Crippen LogP contribution in [0.25, 0.3) is 0 Å². The Balaban J connectivity index is 1.29. The topological polar surface area (TPSA) is 66.3 Å². The fraction of sp³-hybridized carbons (Fsp3) is 0.625. The number of benzene rings is 1. The Kier molecular flexibility index (Phi) is 7.02. The zero-order valence-electron chi connectivity index (χ0n) is 19.2. The Labute approximate surface area is 185 Å². The summed E-state index contributed by atoms with van der Waals surface area (Å²) in [5.41, 5.74) is 4.03. The molecule has 7 nitrogen and oxygen atoms in total. The van der Waals surface area contributed by atoms with Crippen LogP contribution in [0.15, 0.2) is 18.2 Å². The lowest BCUT2D eigenvalue weighted by molar-refractivity contribution is -0.126. The van der Waals surface area contributed by atoms with Gasteiger partial charge in [0.25, 0.3) is 0 Å². The van der Waals surface area contributed by atoms with Gasteiger partial charge in [-0.3, -0.25) is 9.69 Å². The molecular weight excluding hydrogens is 388 g/mol. The van der Waals surface area contributed by atoms with Crippen LogP contribution in [0.1, 0.15) is 41.2 Å². The molecule has 0 bridgehead atoms. The number of carbonyl (C=O) groups excluding carboxylic acids is 1. The van der Waals surface area contributed by atoms with E-state index in [1.54, 1.807) is 0 Å². The second-order valence-electron chi connectivity index (χ2n) is 9.35. The molecule has 1 amide bonds. The molecular formula is C24H36N6O. The second-order valence-corrected chi connectivity index (χ2v) is 9.35. The summed E-state index contributed by atoms with van der Waals surface area (Å²) >= 11 is 0. The van der Waals surface area contributed by atoms with E-state index in [4.69, 9.17) is 0 Å². The van der Waals surface area contributed by atoms with Crippen LogP contribution in [-0.2, 0) is 30.7 Å². The number of rotatable bonds is 6. The molecule has 1 aromatic heterocycles. The largest absolute Gasteiger partial charge is 0.355 e. The molecule has 7 heteroatoms. The maximum atomic E-state index is 12.5. The standard InChI is InChI=1S/C24H36N6O/c1-18-13-19(2)15-20(14-18)16-29-10-7-23-27-26-22(30(23)12-11-29)6-8-25-24(31)21-5-4-9-28(3)17-21/h13-15,21H,4-12,16-17H2,1-3H3,(H,25,31)/t21-/m1/s1. The number of carbonyl (C=O) groups is 1. The van der Waals surface area contributed by atoms with Crippen molar-refractivity contribution in [3.63, 3.8) is 0 Å². The molecule has 3 heterocycles. The van der Waals surface area contributed by atoms with Gasteiger partial charge < -0.3 is 14.8 Å². The fourth-order valence-corrected chi connectivity index (χ4v) is 5.01. The van der Waals surface area contributed by atoms with Crippen LogP contribution in [0.4, 0.5) is 0 Å². The minimum Gasteiger partial charge on any atom is -0.355 e. The molecule has 168 valence electrons. The van der Waals surface area contributed by atoms with Crippen molar-refractivity contribution in [2.24, 2.45) is 5.92 Å². The van der Waals surface area contributed by atoms with Gasteiger partial charge in [0.1, 0.15) is 11.6 Å². The quantitative estimate of drug-likeness (QED) is 0.768. The Bertz CT molecular complexity index is 887. The van der Waals surface area contributed by atoms with E-state index in [1.165, 1.54) is 16.7 Å². The molecule has 1 saturated heterocycles. The molecule has 2 aliphatic heterocycles. The second kappa shape index (κ2) is 9.92. The lowest BCUT2D eigenvalue weighted by Gasteiger charge is -2.28. The van der Waals surface area contributed by atoms with Crippen molar-refractivity contribution < 1.29 is 4.79 Å². The number of nitrogens with one attached hydrogen (secondary N) is 1. The van der Waals surface area contributed by atoms with Crippen molar-refractivity contribution in [3.05, 3.63) is 46.5 Å². The third-order valence-electron chi connectivity index (χ3n) is 6.53. The summed E-state index contributed by atoms with van der Waals surface area (Å²) in [5, 5.41) is 12.0. The van der Waals surface area contributed by atoms with E-state index < -0.39 is 0 Å². The van der Waals surface area contributed by atoms with Crippen LogP contribution in [0, 0.1) is 19.8 Å². The number of hydrogen-bond acceptors (Lipinski definition) is 5. The lowest BCUT2D eigenvalue weighted by Crippen LogP contribution is -2.42. The zero-order valence-corrected chi connectivity index (χ0v) is 19.2. The van der Waals surface area contributed by atoms with E-state index in [-0.39, 0.29) is 11.8 Å². The molecule has 0 saturated carbocycles. The molecule has 2 aliphatic rings. The molecule has 1 fully saturated rings. The van der Waals surface area contributed by atoms with E-state index in [1.807, 2.05) is 0 Å². The Hall–Kier alpha value is -2.25. The highest BCUT2D eigenvalue weighted by Crippen LogP contribution is 2.16. The van der Waals surface area contributed by atoms with Gasteiger partial charge in [-0.2, -0.15) is 0 Å². The minimum atomic E-state index is 0.119. The van der Waals surface area contributed by atoms with Crippen LogP contribution >= 0.6 is 0 Å². The first kappa shape index (κ1) is 22.0. The van der Waals surface area contributed by atoms with Gasteiger partial charge in [0.2, 0.25) is 5.91 Å². The number of aromatic nitrogens is 3. The third kappa shape index (κ3) is 5.71. The highest BCUT2D eigenvalue weighted by Gasteiger charge is 2.24. The summed E-state index contributed by atoms with van der Waals surface area (Å²) in [6.07, 6.45) is 3.74. The minimum absolute atomic E-state index is 0.119. The number of aryl methyl sites for hydroxylation is 2. The van der Waals surface area contributed by atoms with Crippen molar-refractivity contribution >= 4 is 5.91 Å². The van der Waals surface area contributed by atoms with Crippen LogP contribution in [0.2, 0.25) is 0 Å². The predicted octanol–water partition coefficient (Wildman–Crippen LogP) is 1.95. The summed E-state index contributed by atoms with van der Waals surface area (Å²) in [5.74, 6) is 2.36. The molecule has 1 atom stereocenters. The number of hydrogen-bond donors (Lipinski definition) is 1. The zero-order chi connectivity index (χ0) is 21.8. The van der Waals surface area contributed by atoms with Gasteiger partial charge >= 0.3 is 0 Å². The Morgan fingerprint density at radius 1 is 1.10 bits per heavy atom. The van der Waals surface area contributed by atoms with E-state index in [9.17, 15) is 4.79 Å². The molecule has 31 heavy (non-hydrogen) atoms. The maximum Gasteiger partial charge on any atom is 0.224 e. The first-order valence-corrected chi connectivity index (χ1v) is 11.6. The first-order valence-electron chi connectivity index (χ1n) is 11.6. The molecule has 1 aromatic carbocycles. The lowest BCUT2D eigenvalue weighted by atomic mass is 9.97. The molecule has 0 aliphatic carbocycles. The number of nitrogens with zero attached hydrogens (tertiary/aromatic N) is 5. The average Bonchev–Trinajstić information content (AvgIpc) is 2.99. The Morgan fingerprint density at radius 2 is 1.90 bits per heavy atom. The van der Waals surface area contributed by atoms with Gasteiger partial charge in [0, 0.05) is 52.1 Å². The molecule has 0 spiro atoms. The SMILES string of the molecule is Cc1cc(C)cc(CN2CCc3nnc(CCNC(=O)[C@@H]4CCCN(C)C4)n3CC2)c1. The van der Waals surface area contributed by atoms with E-state index >= 15 is 0 Å². The van der Waals surface area contributed by atoms with Gasteiger partial charge in [-0.1, -0.05) is 29.3 Å². The van der Waals surface area contributed by atoms with Crippen LogP contribution in [-0.4, -0.2) is 70.2 Å². The van der Waals surface area contributed by atoms with Gasteiger partial charge in [0.15, 0.2) is 0 Å². The fourth-order valence-electron chi connectivity index (χ4n) is 5.01. The first-order chi connectivity index (χ1) is 15.0. The molecule has 2 aromatic rings. The molecule has 4 rings (SSSR count). The van der Waals surface area contributed by atoms with E-state index in [0.717, 1.165) is 76.6 Å². The summed E-state index contributed by atoms with van der Waals surface area (Å²) in [7, 11) is 2.09. The van der Waals surface area contributed by atoms with Crippen molar-refractivity contribution in [1.82, 2.24) is 29.9 Å². The summed E-state index contributed by atoms with van der Waals surface area (Å²) in [6.45, 7) is 10.8. The number of likely N-dealkylation sites (tertiary alicyclic amines) is 1. The average molecular weight is 425 g/mol. The van der Waals surface area contributed by atoms with Gasteiger partial charge in [0.05, 0.1) is 5.92 Å². The van der Waals surface area contributed by atoms with Gasteiger partial charge in [-0.25, -0.2) is 0 Å². The summed E-state index contributed by atoms with van der Waals surface area (Å²) < 4.78 is 2.27. The maximum absolute atomic E-state index is 12.5. The highest BCUT2D eigenvalue weighted by molar-refractivity contribution is 5.78. The summed E-state index contributed by atoms with van der Waals surface area (Å²) in [6, 6.07) is 6.80. The number of piperidine rings is 1. The van der Waals surface area contributed by atoms with Crippen molar-refractivity contribution in [2.75, 3.05) is 39.8 Å². The molecule has 0 unspecified atom stereocenters. The number of fused-ring (bicyclic) bond motifs is 1. The number of amides is 1. The van der Waals surface area contributed by atoms with E-state index in [2.05, 4.69) is 69.0 Å². The van der Waals surface area contributed by atoms with Crippen molar-refractivity contribution in [2.45, 2.75) is 52.6 Å². The van der Waals surface area contributed by atoms with E-state index in [0.29, 0.717) is 6.54 Å². The molecule has 0 radical (unpaired) electrons. The normalized spacial score (nSPS) is 20.3. The third-order valence-corrected chi connectivity index (χ3v) is 6.53. The molecule has 1 N–H and O–H groups in total. The highest BCUT2D eigenvalue weighted by atomic mass is 16.1. The van der Waals surface area contributed by atoms with Gasteiger partial charge in [-0.05, 0) is 45.8 Å². The summed E-state index contributed by atoms with van der Waals surface area (Å²) in [4.78, 5) is 17.2. The van der Waals surface area contributed by atoms with Crippen molar-refractivity contribution in [3.8, 4) is 0 Å². The van der Waals surface area contributed by atoms with Crippen molar-refractivity contribution in [1.29, 1.82) is 0 Å².